The van der Waals surface area contributed by atoms with Crippen LogP contribution < -0.4 is 4.90 Å². The molecule has 8 rings (SSSR count). The van der Waals surface area contributed by atoms with Crippen LogP contribution in [0, 0.1) is 35.5 Å². The number of hydrogen-bond donors (Lipinski definition) is 0. The van der Waals surface area contributed by atoms with Gasteiger partial charge in [-0.25, -0.2) is 0 Å². The van der Waals surface area contributed by atoms with Gasteiger partial charge in [-0.3, -0.25) is 4.90 Å². The highest BCUT2D eigenvalue weighted by Crippen LogP contribution is 2.50. The standard InChI is InChI=1S/C50H78N2S/c1-35-9-25-42(26-10-35)51(43-27-11-36(2)12-28-43)44-33-21-40(22-34-44)18-17-39-19-23-41(24-20-39)49-47-7-5-6-8-48(47)50(53-49)52(45-29-13-37(3)14-30-45)46-31-15-38(4)16-32-46/h5-8,17-18,35-46H,9-16,19-34H2,1-4H3/b18-17+. The summed E-state index contributed by atoms with van der Waals surface area (Å²) in [4.78, 5) is 7.95. The summed E-state index contributed by atoms with van der Waals surface area (Å²) in [6.45, 7) is 9.97. The Kier molecular flexibility index (Phi) is 13.0. The second kappa shape index (κ2) is 17.9. The molecule has 0 unspecified atom stereocenters. The molecule has 1 aromatic carbocycles. The van der Waals surface area contributed by atoms with Crippen LogP contribution >= 0.6 is 11.3 Å². The predicted octanol–water partition coefficient (Wildman–Crippen LogP) is 14.7. The molecule has 53 heavy (non-hydrogen) atoms. The normalized spacial score (nSPS) is 39.1. The third-order valence-electron chi connectivity index (χ3n) is 16.4. The van der Waals surface area contributed by atoms with Crippen LogP contribution in [-0.2, 0) is 0 Å². The number of anilines is 1. The Labute approximate surface area is 330 Å². The zero-order chi connectivity index (χ0) is 36.3. The van der Waals surface area contributed by atoms with Crippen molar-refractivity contribution in [2.45, 2.75) is 218 Å². The second-order valence-electron chi connectivity index (χ2n) is 20.4. The average molecular weight is 739 g/mol. The second-order valence-corrected chi connectivity index (χ2v) is 21.4. The SMILES string of the molecule is CC1CCC(N(c2sc(C3CCC(/C=C/C4CCC(N(C5CCC(C)CC5)C5CCC(C)CC5)CC4)CC3)c3ccccc23)C2CCC(C)CC2)CC1. The molecule has 0 amide bonds. The van der Waals surface area contributed by atoms with Crippen molar-refractivity contribution in [3.05, 3.63) is 41.3 Å². The molecule has 6 fully saturated rings. The number of allylic oxidation sites excluding steroid dienone is 2. The predicted molar refractivity (Wildman–Crippen MR) is 231 cm³/mol. The van der Waals surface area contributed by atoms with Gasteiger partial charge < -0.3 is 4.90 Å². The van der Waals surface area contributed by atoms with E-state index in [1.54, 1.807) is 20.7 Å². The Morgan fingerprint density at radius 1 is 0.434 bits per heavy atom. The van der Waals surface area contributed by atoms with Crippen molar-refractivity contribution >= 4 is 27.1 Å². The van der Waals surface area contributed by atoms with Gasteiger partial charge in [0, 0.05) is 40.5 Å². The van der Waals surface area contributed by atoms with Gasteiger partial charge in [-0.15, -0.1) is 11.3 Å². The molecule has 0 atom stereocenters. The fourth-order valence-electron chi connectivity index (χ4n) is 12.7. The van der Waals surface area contributed by atoms with Crippen LogP contribution in [0.3, 0.4) is 0 Å². The molecule has 2 aromatic rings. The minimum Gasteiger partial charge on any atom is -0.357 e. The molecule has 6 saturated carbocycles. The first kappa shape index (κ1) is 38.5. The van der Waals surface area contributed by atoms with Gasteiger partial charge in [-0.1, -0.05) is 64.1 Å². The highest BCUT2D eigenvalue weighted by Gasteiger charge is 2.38. The smallest absolute Gasteiger partial charge is 0.0996 e. The van der Waals surface area contributed by atoms with Crippen LogP contribution in [0.2, 0.25) is 0 Å². The van der Waals surface area contributed by atoms with E-state index in [2.05, 4.69) is 85.2 Å². The monoisotopic (exact) mass is 739 g/mol. The van der Waals surface area contributed by atoms with Crippen LogP contribution in [0.1, 0.15) is 193 Å². The molecule has 0 bridgehead atoms. The Morgan fingerprint density at radius 2 is 0.792 bits per heavy atom. The molecule has 2 nitrogen and oxygen atoms in total. The van der Waals surface area contributed by atoms with Crippen molar-refractivity contribution < 1.29 is 0 Å². The summed E-state index contributed by atoms with van der Waals surface area (Å²) in [6, 6.07) is 13.7. The van der Waals surface area contributed by atoms with Gasteiger partial charge in [0.1, 0.15) is 0 Å². The molecule has 1 heterocycles. The van der Waals surface area contributed by atoms with Crippen molar-refractivity contribution in [2.24, 2.45) is 35.5 Å². The highest BCUT2D eigenvalue weighted by atomic mass is 32.1. The van der Waals surface area contributed by atoms with Crippen molar-refractivity contribution in [3.63, 3.8) is 0 Å². The summed E-state index contributed by atoms with van der Waals surface area (Å²) >= 11 is 2.24. The molecule has 0 saturated heterocycles. The Hall–Kier alpha value is -1.32. The van der Waals surface area contributed by atoms with Crippen LogP contribution in [-0.4, -0.2) is 35.1 Å². The largest absolute Gasteiger partial charge is 0.357 e. The quantitative estimate of drug-likeness (QED) is 0.236. The topological polar surface area (TPSA) is 6.48 Å². The van der Waals surface area contributed by atoms with Crippen molar-refractivity contribution in [1.82, 2.24) is 4.90 Å². The van der Waals surface area contributed by atoms with Crippen molar-refractivity contribution in [2.75, 3.05) is 4.90 Å². The van der Waals surface area contributed by atoms with Gasteiger partial charge in [0.25, 0.3) is 0 Å². The first-order chi connectivity index (χ1) is 25.9. The number of rotatable bonds is 9. The lowest BCUT2D eigenvalue weighted by Gasteiger charge is -2.49. The molecule has 294 valence electrons. The minimum absolute atomic E-state index is 0.741. The lowest BCUT2D eigenvalue weighted by Crippen LogP contribution is -2.52. The Balaban J connectivity index is 0.893. The molecule has 0 aliphatic heterocycles. The average Bonchev–Trinajstić information content (AvgIpc) is 3.57. The van der Waals surface area contributed by atoms with Crippen LogP contribution in [0.15, 0.2) is 36.4 Å². The summed E-state index contributed by atoms with van der Waals surface area (Å²) in [7, 11) is 0. The zero-order valence-corrected chi connectivity index (χ0v) is 35.5. The highest BCUT2D eigenvalue weighted by molar-refractivity contribution is 7.18. The number of fused-ring (bicyclic) bond motifs is 1. The van der Waals surface area contributed by atoms with Gasteiger partial charge in [-0.2, -0.15) is 0 Å². The first-order valence-electron chi connectivity index (χ1n) is 23.6. The maximum absolute atomic E-state index is 3.17. The van der Waals surface area contributed by atoms with E-state index in [-0.39, 0.29) is 0 Å². The molecule has 0 spiro atoms. The fraction of sp³-hybridized carbons (Fsp3) is 0.800. The maximum Gasteiger partial charge on any atom is 0.0996 e. The lowest BCUT2D eigenvalue weighted by atomic mass is 9.77. The van der Waals surface area contributed by atoms with E-state index < -0.39 is 0 Å². The summed E-state index contributed by atoms with van der Waals surface area (Å²) in [5.41, 5.74) is 0. The Morgan fingerprint density at radius 3 is 1.23 bits per heavy atom. The summed E-state index contributed by atoms with van der Waals surface area (Å²) in [5, 5.41) is 4.83. The summed E-state index contributed by atoms with van der Waals surface area (Å²) < 4.78 is 0. The van der Waals surface area contributed by atoms with Gasteiger partial charge in [-0.05, 0) is 201 Å². The van der Waals surface area contributed by atoms with Gasteiger partial charge in [0.2, 0.25) is 0 Å². The summed E-state index contributed by atoms with van der Waals surface area (Å²) in [6.07, 6.45) is 39.7. The van der Waals surface area contributed by atoms with Gasteiger partial charge in [0.05, 0.1) is 5.00 Å². The van der Waals surface area contributed by atoms with Gasteiger partial charge in [0.15, 0.2) is 0 Å². The lowest BCUT2D eigenvalue weighted by molar-refractivity contribution is 0.00813. The van der Waals surface area contributed by atoms with Crippen LogP contribution in [0.5, 0.6) is 0 Å². The van der Waals surface area contributed by atoms with E-state index in [9.17, 15) is 0 Å². The first-order valence-corrected chi connectivity index (χ1v) is 24.5. The van der Waals surface area contributed by atoms with E-state index in [0.717, 1.165) is 71.6 Å². The number of nitrogens with zero attached hydrogens (tertiary/aromatic N) is 2. The van der Waals surface area contributed by atoms with Crippen molar-refractivity contribution in [1.29, 1.82) is 0 Å². The third-order valence-corrected chi connectivity index (χ3v) is 17.8. The van der Waals surface area contributed by atoms with Crippen LogP contribution in [0.25, 0.3) is 10.8 Å². The van der Waals surface area contributed by atoms with E-state index in [1.165, 1.54) is 154 Å². The molecule has 0 N–H and O–H groups in total. The molecule has 6 aliphatic rings. The van der Waals surface area contributed by atoms with E-state index >= 15 is 0 Å². The van der Waals surface area contributed by atoms with E-state index in [4.69, 9.17) is 0 Å². The molecule has 1 aromatic heterocycles. The third kappa shape index (κ3) is 9.13. The maximum atomic E-state index is 3.17. The fourth-order valence-corrected chi connectivity index (χ4v) is 14.3. The van der Waals surface area contributed by atoms with E-state index in [0.29, 0.717) is 0 Å². The molecular weight excluding hydrogens is 661 g/mol. The zero-order valence-electron chi connectivity index (χ0n) is 34.7. The number of benzene rings is 1. The minimum atomic E-state index is 0.741. The van der Waals surface area contributed by atoms with Crippen LogP contribution in [0.4, 0.5) is 5.00 Å². The Bertz CT molecular complexity index is 1380. The van der Waals surface area contributed by atoms with Crippen molar-refractivity contribution in [3.8, 4) is 0 Å². The van der Waals surface area contributed by atoms with E-state index in [1.807, 2.05) is 0 Å². The number of thiophene rings is 1. The van der Waals surface area contributed by atoms with Gasteiger partial charge >= 0.3 is 0 Å². The molecule has 3 heteroatoms. The molecular formula is C50H78N2S. The number of hydrogen-bond acceptors (Lipinski definition) is 3. The molecule has 0 radical (unpaired) electrons. The summed E-state index contributed by atoms with van der Waals surface area (Å²) in [5.74, 6) is 6.08. The molecule has 6 aliphatic carbocycles.